The third-order valence-electron chi connectivity index (χ3n) is 5.39. The third-order valence-corrected chi connectivity index (χ3v) is 5.39. The summed E-state index contributed by atoms with van der Waals surface area (Å²) < 4.78 is 14.0. The van der Waals surface area contributed by atoms with Gasteiger partial charge in [-0.1, -0.05) is 0 Å². The van der Waals surface area contributed by atoms with Gasteiger partial charge in [0.15, 0.2) is 0 Å². The quantitative estimate of drug-likeness (QED) is 0.816. The van der Waals surface area contributed by atoms with Gasteiger partial charge in [0.1, 0.15) is 11.5 Å². The Balaban J connectivity index is 1.53. The van der Waals surface area contributed by atoms with E-state index in [1.807, 2.05) is 24.9 Å². The molecular formula is C19H27N3O2. The number of furan rings is 1. The Hall–Kier alpha value is -1.59. The van der Waals surface area contributed by atoms with Gasteiger partial charge in [-0.15, -0.1) is 0 Å². The Kier molecular flexibility index (Phi) is 4.22. The lowest BCUT2D eigenvalue weighted by atomic mass is 10.00. The molecule has 2 aromatic rings. The van der Waals surface area contributed by atoms with Crippen molar-refractivity contribution in [3.63, 3.8) is 0 Å². The highest BCUT2D eigenvalue weighted by atomic mass is 16.5. The van der Waals surface area contributed by atoms with E-state index in [0.717, 1.165) is 50.2 Å². The van der Waals surface area contributed by atoms with E-state index >= 15 is 0 Å². The van der Waals surface area contributed by atoms with Crippen LogP contribution >= 0.6 is 0 Å². The lowest BCUT2D eigenvalue weighted by molar-refractivity contribution is 0.0383. The fourth-order valence-electron chi connectivity index (χ4n) is 3.64. The van der Waals surface area contributed by atoms with E-state index in [1.54, 1.807) is 0 Å². The van der Waals surface area contributed by atoms with Crippen LogP contribution in [0.15, 0.2) is 16.7 Å². The molecular weight excluding hydrogens is 302 g/mol. The zero-order valence-corrected chi connectivity index (χ0v) is 14.9. The number of hydrogen-bond donors (Lipinski definition) is 0. The van der Waals surface area contributed by atoms with Crippen molar-refractivity contribution in [1.82, 2.24) is 14.7 Å². The Bertz CT molecular complexity index is 695. The van der Waals surface area contributed by atoms with Gasteiger partial charge in [-0.2, -0.15) is 5.10 Å². The van der Waals surface area contributed by atoms with Gasteiger partial charge >= 0.3 is 0 Å². The van der Waals surface area contributed by atoms with Crippen LogP contribution in [0.1, 0.15) is 47.2 Å². The maximum Gasteiger partial charge on any atom is 0.118 e. The summed E-state index contributed by atoms with van der Waals surface area (Å²) in [5.41, 5.74) is 3.89. The molecule has 1 atom stereocenters. The average molecular weight is 329 g/mol. The van der Waals surface area contributed by atoms with Crippen molar-refractivity contribution in [3.05, 3.63) is 40.6 Å². The molecule has 1 aliphatic carbocycles. The molecule has 0 N–H and O–H groups in total. The largest absolute Gasteiger partial charge is 0.465 e. The molecule has 1 unspecified atom stereocenters. The van der Waals surface area contributed by atoms with Gasteiger partial charge < -0.3 is 9.15 Å². The maximum atomic E-state index is 6.06. The van der Waals surface area contributed by atoms with E-state index in [0.29, 0.717) is 0 Å². The smallest absolute Gasteiger partial charge is 0.118 e. The first kappa shape index (κ1) is 15.9. The molecule has 0 bridgehead atoms. The number of rotatable bonds is 6. The first-order valence-corrected chi connectivity index (χ1v) is 9.00. The Morgan fingerprint density at radius 3 is 2.83 bits per heavy atom. The van der Waals surface area contributed by atoms with Gasteiger partial charge in [-0.05, 0) is 56.2 Å². The van der Waals surface area contributed by atoms with Gasteiger partial charge in [-0.3, -0.25) is 9.58 Å². The highest BCUT2D eigenvalue weighted by Gasteiger charge is 2.32. The van der Waals surface area contributed by atoms with Crippen LogP contribution in [0.3, 0.4) is 0 Å². The summed E-state index contributed by atoms with van der Waals surface area (Å²) in [4.78, 5) is 2.48. The minimum absolute atomic E-state index is 0.255. The average Bonchev–Trinajstić information content (AvgIpc) is 3.22. The number of aromatic nitrogens is 2. The van der Waals surface area contributed by atoms with Crippen LogP contribution in [0.2, 0.25) is 0 Å². The second-order valence-electron chi connectivity index (χ2n) is 7.35. The van der Waals surface area contributed by atoms with Crippen molar-refractivity contribution in [2.24, 2.45) is 13.0 Å². The molecule has 0 aromatic carbocycles. The summed E-state index contributed by atoms with van der Waals surface area (Å²) in [6, 6.07) is 2.42. The van der Waals surface area contributed by atoms with Crippen molar-refractivity contribution in [2.75, 3.05) is 19.8 Å². The number of ether oxygens (including phenoxy) is 1. The molecule has 2 aliphatic rings. The fraction of sp³-hybridized carbons (Fsp3) is 0.632. The van der Waals surface area contributed by atoms with Crippen molar-refractivity contribution in [2.45, 2.75) is 45.7 Å². The summed E-state index contributed by atoms with van der Waals surface area (Å²) in [6.07, 6.45) is 5.72. The minimum atomic E-state index is 0.255. The normalized spacial score (nSPS) is 21.2. The minimum Gasteiger partial charge on any atom is -0.465 e. The van der Waals surface area contributed by atoms with E-state index in [2.05, 4.69) is 23.0 Å². The van der Waals surface area contributed by atoms with Gasteiger partial charge in [0.25, 0.3) is 0 Å². The Labute approximate surface area is 143 Å². The van der Waals surface area contributed by atoms with E-state index < -0.39 is 0 Å². The van der Waals surface area contributed by atoms with E-state index in [9.17, 15) is 0 Å². The molecule has 0 amide bonds. The van der Waals surface area contributed by atoms with Gasteiger partial charge in [0.2, 0.25) is 0 Å². The third kappa shape index (κ3) is 3.15. The molecule has 0 saturated heterocycles. The van der Waals surface area contributed by atoms with Crippen LogP contribution in [-0.4, -0.2) is 34.4 Å². The van der Waals surface area contributed by atoms with E-state index in [1.165, 1.54) is 29.7 Å². The van der Waals surface area contributed by atoms with Gasteiger partial charge in [0, 0.05) is 20.2 Å². The summed E-state index contributed by atoms with van der Waals surface area (Å²) in [7, 11) is 2.04. The molecule has 3 heterocycles. The number of aryl methyl sites for hydroxylation is 3. The topological polar surface area (TPSA) is 43.4 Å². The second-order valence-corrected chi connectivity index (χ2v) is 7.35. The van der Waals surface area contributed by atoms with E-state index in [4.69, 9.17) is 9.15 Å². The standard InChI is InChI=1S/C19H27N3O2/c1-13-8-17(24-14(13)2)10-22-7-6-16-9-20-21(3)19(16)18(22)12-23-11-15-4-5-15/h8-9,15,18H,4-7,10-12H2,1-3H3. The number of nitrogens with zero attached hydrogens (tertiary/aromatic N) is 3. The Morgan fingerprint density at radius 1 is 1.29 bits per heavy atom. The molecule has 0 radical (unpaired) electrons. The SMILES string of the molecule is Cc1cc(CN2CCc3cnn(C)c3C2COCC2CC2)oc1C. The van der Waals surface area contributed by atoms with Crippen LogP contribution in [0.4, 0.5) is 0 Å². The van der Waals surface area contributed by atoms with Crippen LogP contribution in [0.5, 0.6) is 0 Å². The molecule has 130 valence electrons. The molecule has 5 heteroatoms. The molecule has 0 spiro atoms. The molecule has 2 aromatic heterocycles. The highest BCUT2D eigenvalue weighted by molar-refractivity contribution is 5.26. The second kappa shape index (κ2) is 6.37. The van der Waals surface area contributed by atoms with Crippen LogP contribution in [0.25, 0.3) is 0 Å². The first-order chi connectivity index (χ1) is 11.6. The van der Waals surface area contributed by atoms with Crippen molar-refractivity contribution >= 4 is 0 Å². The number of fused-ring (bicyclic) bond motifs is 1. The van der Waals surface area contributed by atoms with Crippen LogP contribution in [-0.2, 0) is 24.8 Å². The fourth-order valence-corrected chi connectivity index (χ4v) is 3.64. The summed E-state index contributed by atoms with van der Waals surface area (Å²) >= 11 is 0. The van der Waals surface area contributed by atoms with Crippen molar-refractivity contribution in [3.8, 4) is 0 Å². The monoisotopic (exact) mass is 329 g/mol. The van der Waals surface area contributed by atoms with E-state index in [-0.39, 0.29) is 6.04 Å². The van der Waals surface area contributed by atoms with Gasteiger partial charge in [-0.25, -0.2) is 0 Å². The summed E-state index contributed by atoms with van der Waals surface area (Å²) in [6.45, 7) is 7.63. The summed E-state index contributed by atoms with van der Waals surface area (Å²) in [5.74, 6) is 2.86. The predicted octanol–water partition coefficient (Wildman–Crippen LogP) is 3.16. The van der Waals surface area contributed by atoms with Crippen LogP contribution < -0.4 is 0 Å². The van der Waals surface area contributed by atoms with Gasteiger partial charge in [0.05, 0.1) is 31.1 Å². The molecule has 1 fully saturated rings. The van der Waals surface area contributed by atoms with Crippen molar-refractivity contribution < 1.29 is 9.15 Å². The zero-order valence-electron chi connectivity index (χ0n) is 14.9. The molecule has 5 nitrogen and oxygen atoms in total. The lowest BCUT2D eigenvalue weighted by Crippen LogP contribution is -2.38. The highest BCUT2D eigenvalue weighted by Crippen LogP contribution is 2.33. The van der Waals surface area contributed by atoms with Crippen molar-refractivity contribution in [1.29, 1.82) is 0 Å². The molecule has 24 heavy (non-hydrogen) atoms. The maximum absolute atomic E-state index is 6.06. The molecule has 4 rings (SSSR count). The molecule has 1 aliphatic heterocycles. The Morgan fingerprint density at radius 2 is 2.12 bits per heavy atom. The summed E-state index contributed by atoms with van der Waals surface area (Å²) in [5, 5.41) is 4.47. The first-order valence-electron chi connectivity index (χ1n) is 9.00. The zero-order chi connectivity index (χ0) is 16.7. The number of hydrogen-bond acceptors (Lipinski definition) is 4. The predicted molar refractivity (Wildman–Crippen MR) is 91.8 cm³/mol. The molecule has 1 saturated carbocycles. The lowest BCUT2D eigenvalue weighted by Gasteiger charge is -2.35. The van der Waals surface area contributed by atoms with Crippen LogP contribution in [0, 0.1) is 19.8 Å².